The number of rotatable bonds is 10. The molecule has 270 valence electrons. The fourth-order valence-electron chi connectivity index (χ4n) is 7.17. The molecule has 0 radical (unpaired) electrons. The van der Waals surface area contributed by atoms with Crippen molar-refractivity contribution in [3.05, 3.63) is 118 Å². The van der Waals surface area contributed by atoms with Crippen LogP contribution in [0.3, 0.4) is 0 Å². The number of nitrogens with one attached hydrogen (secondary N) is 1. The predicted octanol–water partition coefficient (Wildman–Crippen LogP) is 6.20. The molecule has 0 saturated carbocycles. The molecule has 4 aromatic rings. The molecule has 12 heteroatoms. The molecule has 0 spiro atoms. The predicted molar refractivity (Wildman–Crippen MR) is 204 cm³/mol. The van der Waals surface area contributed by atoms with Gasteiger partial charge in [-0.2, -0.15) is 8.42 Å². The summed E-state index contributed by atoms with van der Waals surface area (Å²) in [5, 5.41) is 4.61. The second-order valence-electron chi connectivity index (χ2n) is 12.9. The van der Waals surface area contributed by atoms with Gasteiger partial charge in [0, 0.05) is 45.6 Å². The first-order chi connectivity index (χ1) is 24.7. The minimum atomic E-state index is -4.75. The third-order valence-corrected chi connectivity index (χ3v) is 11.4. The van der Waals surface area contributed by atoms with E-state index in [1.54, 1.807) is 56.3 Å². The van der Waals surface area contributed by atoms with Gasteiger partial charge in [0.15, 0.2) is 0 Å². The van der Waals surface area contributed by atoms with E-state index in [9.17, 15) is 25.9 Å². The normalized spacial score (nSPS) is 12.3. The van der Waals surface area contributed by atoms with Crippen molar-refractivity contribution in [2.24, 2.45) is 4.99 Å². The average Bonchev–Trinajstić information content (AvgIpc) is 3.10. The summed E-state index contributed by atoms with van der Waals surface area (Å²) in [6, 6.07) is 23.2. The molecule has 0 aromatic heterocycles. The van der Waals surface area contributed by atoms with E-state index in [-0.39, 0.29) is 28.7 Å². The van der Waals surface area contributed by atoms with Crippen LogP contribution in [0.1, 0.15) is 61.1 Å². The van der Waals surface area contributed by atoms with E-state index in [1.165, 1.54) is 11.6 Å². The van der Waals surface area contributed by atoms with Crippen molar-refractivity contribution in [3.8, 4) is 22.5 Å². The Balaban J connectivity index is 0.00000541. The third-order valence-electron chi connectivity index (χ3n) is 9.45. The first-order valence-corrected chi connectivity index (χ1v) is 20.2. The van der Waals surface area contributed by atoms with Crippen LogP contribution in [0.15, 0.2) is 98.1 Å². The molecule has 1 heterocycles. The van der Waals surface area contributed by atoms with Gasteiger partial charge in [-0.1, -0.05) is 69.7 Å². The van der Waals surface area contributed by atoms with Crippen LogP contribution < -0.4 is 29.5 Å². The zero-order chi connectivity index (χ0) is 37.5. The Labute approximate surface area is 323 Å². The first-order valence-electron chi connectivity index (χ1n) is 17.3. The molecule has 0 unspecified atom stereocenters. The molecule has 2 aliphatic rings. The molecular formula is C41H41LiN2O7S2. The Morgan fingerprint density at radius 1 is 0.774 bits per heavy atom. The van der Waals surface area contributed by atoms with Gasteiger partial charge < -0.3 is 14.3 Å². The third kappa shape index (κ3) is 7.88. The minimum Gasteiger partial charge on any atom is -0.744 e. The summed E-state index contributed by atoms with van der Waals surface area (Å²) >= 11 is 0. The molecule has 2 N–H and O–H groups in total. The van der Waals surface area contributed by atoms with Gasteiger partial charge in [-0.15, -0.1) is 0 Å². The molecule has 0 amide bonds. The van der Waals surface area contributed by atoms with Gasteiger partial charge in [0.05, 0.1) is 15.9 Å². The van der Waals surface area contributed by atoms with Crippen molar-refractivity contribution in [3.63, 3.8) is 0 Å². The van der Waals surface area contributed by atoms with Gasteiger partial charge in [0.1, 0.15) is 26.4 Å². The summed E-state index contributed by atoms with van der Waals surface area (Å²) in [5.74, 6) is 0.438. The number of fused-ring (bicyclic) bond motifs is 2. The maximum absolute atomic E-state index is 12.6. The van der Waals surface area contributed by atoms with Crippen LogP contribution in [0.4, 0.5) is 17.1 Å². The molecule has 0 atom stereocenters. The maximum atomic E-state index is 12.6. The van der Waals surface area contributed by atoms with Gasteiger partial charge in [0.25, 0.3) is 10.1 Å². The zero-order valence-electron chi connectivity index (χ0n) is 31.0. The van der Waals surface area contributed by atoms with Crippen LogP contribution in [0, 0.1) is 13.8 Å². The Bertz CT molecular complexity index is 2610. The molecule has 6 rings (SSSR count). The molecule has 9 nitrogen and oxygen atoms in total. The van der Waals surface area contributed by atoms with Crippen molar-refractivity contribution >= 4 is 48.3 Å². The monoisotopic (exact) mass is 744 g/mol. The van der Waals surface area contributed by atoms with E-state index in [2.05, 4.69) is 38.2 Å². The molecule has 0 fully saturated rings. The summed E-state index contributed by atoms with van der Waals surface area (Å²) in [4.78, 5) is 4.61. The minimum absolute atomic E-state index is 0. The average molecular weight is 745 g/mol. The van der Waals surface area contributed by atoms with E-state index >= 15 is 0 Å². The van der Waals surface area contributed by atoms with Crippen molar-refractivity contribution in [2.75, 3.05) is 5.32 Å². The standard InChI is InChI=1S/C41H42N2O7S2.Li/c1-7-26-19-24(5)20-27(8-2)39(26)42-29-15-17-32-35(22-29)50-36-23-30(16-18-33(36)38(32)34-13-11-12-14-37(34)51(44,45)46)43-40-28(9-3)21-25(6)41(31(40)10-4)52(47,48)49;/h11-23,43H,7-10H2,1-6H3,(H,44,45,46)(H,47,48,49);/q;+1/p-1. The topological polar surface area (TPSA) is 149 Å². The molecule has 1 aliphatic heterocycles. The summed E-state index contributed by atoms with van der Waals surface area (Å²) in [7, 11) is -9.36. The van der Waals surface area contributed by atoms with Crippen molar-refractivity contribution in [1.29, 1.82) is 0 Å². The van der Waals surface area contributed by atoms with E-state index in [4.69, 9.17) is 9.41 Å². The number of benzene rings is 5. The fraction of sp³-hybridized carbons (Fsp3) is 0.244. The first kappa shape index (κ1) is 40.0. The number of hydrogen-bond donors (Lipinski definition) is 2. The second-order valence-corrected chi connectivity index (χ2v) is 15.6. The van der Waals surface area contributed by atoms with Crippen LogP contribution in [-0.2, 0) is 45.9 Å². The van der Waals surface area contributed by atoms with E-state index < -0.39 is 20.2 Å². The van der Waals surface area contributed by atoms with E-state index in [1.807, 2.05) is 25.1 Å². The van der Waals surface area contributed by atoms with E-state index in [0.717, 1.165) is 35.2 Å². The van der Waals surface area contributed by atoms with Gasteiger partial charge in [-0.3, -0.25) is 4.55 Å². The van der Waals surface area contributed by atoms with Gasteiger partial charge >= 0.3 is 18.9 Å². The molecule has 53 heavy (non-hydrogen) atoms. The van der Waals surface area contributed by atoms with Gasteiger partial charge in [0.2, 0.25) is 0 Å². The van der Waals surface area contributed by atoms with Crippen molar-refractivity contribution < 1.29 is 49.2 Å². The quantitative estimate of drug-likeness (QED) is 0.0957. The number of anilines is 2. The van der Waals surface area contributed by atoms with Crippen LogP contribution in [0.5, 0.6) is 0 Å². The van der Waals surface area contributed by atoms with Crippen molar-refractivity contribution in [1.82, 2.24) is 0 Å². The smallest absolute Gasteiger partial charge is 0.744 e. The Morgan fingerprint density at radius 2 is 1.43 bits per heavy atom. The summed E-state index contributed by atoms with van der Waals surface area (Å²) in [5.41, 5.74) is 8.96. The summed E-state index contributed by atoms with van der Waals surface area (Å²) in [6.45, 7) is 11.7. The summed E-state index contributed by atoms with van der Waals surface area (Å²) in [6.07, 6.45) is 2.51. The largest absolute Gasteiger partial charge is 1.00 e. The van der Waals surface area contributed by atoms with Crippen LogP contribution in [-0.4, -0.2) is 25.9 Å². The molecule has 0 saturated heterocycles. The molecule has 1 aliphatic carbocycles. The fourth-order valence-corrected chi connectivity index (χ4v) is 8.87. The molecule has 4 aromatic carbocycles. The molecule has 0 bridgehead atoms. The van der Waals surface area contributed by atoms with Gasteiger partial charge in [-0.05, 0) is 97.7 Å². The van der Waals surface area contributed by atoms with Crippen LogP contribution in [0.25, 0.3) is 33.4 Å². The van der Waals surface area contributed by atoms with E-state index in [0.29, 0.717) is 74.1 Å². The van der Waals surface area contributed by atoms with Gasteiger partial charge in [-0.25, -0.2) is 13.4 Å². The zero-order valence-corrected chi connectivity index (χ0v) is 32.6. The number of aryl methyl sites for hydroxylation is 5. The SMILES string of the molecule is CCc1cc(C)cc(CC)c1N=c1ccc2c(-c3ccccc3S(=O)(=O)O)c3ccc(Nc4c(CC)cc(C)c(S(=O)(=O)[O-])c4CC)cc3oc-2c1.[Li+]. The summed E-state index contributed by atoms with van der Waals surface area (Å²) < 4.78 is 79.2. The Morgan fingerprint density at radius 3 is 2.04 bits per heavy atom. The van der Waals surface area contributed by atoms with Crippen LogP contribution >= 0.6 is 0 Å². The Kier molecular flexibility index (Phi) is 11.8. The number of nitrogens with zero attached hydrogens (tertiary/aromatic N) is 1. The van der Waals surface area contributed by atoms with Crippen LogP contribution in [0.2, 0.25) is 0 Å². The second kappa shape index (κ2) is 15.6. The number of hydrogen-bond acceptors (Lipinski definition) is 8. The molecular weight excluding hydrogens is 704 g/mol. The maximum Gasteiger partial charge on any atom is 1.00 e. The Hall–Kier alpha value is -4.21. The van der Waals surface area contributed by atoms with Crippen molar-refractivity contribution in [2.45, 2.75) is 77.0 Å².